The number of ether oxygens (including phenoxy) is 2. The predicted octanol–water partition coefficient (Wildman–Crippen LogP) is 3.25. The quantitative estimate of drug-likeness (QED) is 0.802. The van der Waals surface area contributed by atoms with E-state index in [4.69, 9.17) is 9.47 Å². The van der Waals surface area contributed by atoms with Crippen LogP contribution in [0.1, 0.15) is 5.56 Å². The molecule has 0 bridgehead atoms. The smallest absolute Gasteiger partial charge is 0.230 e. The molecule has 1 aliphatic rings. The Bertz CT molecular complexity index is 842. The van der Waals surface area contributed by atoms with E-state index in [2.05, 4.69) is 10.3 Å². The zero-order valence-electron chi connectivity index (χ0n) is 12.2. The van der Waals surface area contributed by atoms with E-state index in [1.54, 1.807) is 0 Å². The van der Waals surface area contributed by atoms with Crippen LogP contribution in [0, 0.1) is 0 Å². The Kier molecular flexibility index (Phi) is 3.59. The van der Waals surface area contributed by atoms with Crippen LogP contribution >= 0.6 is 11.3 Å². The molecule has 0 atom stereocenters. The molecule has 116 valence electrons. The predicted molar refractivity (Wildman–Crippen MR) is 89.4 cm³/mol. The van der Waals surface area contributed by atoms with Crippen molar-refractivity contribution in [2.75, 3.05) is 18.5 Å². The van der Waals surface area contributed by atoms with Gasteiger partial charge in [0.25, 0.3) is 0 Å². The second kappa shape index (κ2) is 5.89. The number of aromatic nitrogens is 1. The molecule has 23 heavy (non-hydrogen) atoms. The maximum Gasteiger partial charge on any atom is 0.230 e. The van der Waals surface area contributed by atoms with Crippen LogP contribution in [0.4, 0.5) is 5.13 Å². The van der Waals surface area contributed by atoms with Gasteiger partial charge >= 0.3 is 0 Å². The molecule has 1 amide bonds. The molecule has 1 N–H and O–H groups in total. The summed E-state index contributed by atoms with van der Waals surface area (Å²) in [5.41, 5.74) is 1.78. The number of amides is 1. The highest BCUT2D eigenvalue weighted by Crippen LogP contribution is 2.31. The van der Waals surface area contributed by atoms with Gasteiger partial charge in [-0.25, -0.2) is 4.98 Å². The lowest BCUT2D eigenvalue weighted by Crippen LogP contribution is -2.17. The number of hydrogen-bond acceptors (Lipinski definition) is 5. The number of nitrogens with zero attached hydrogens (tertiary/aromatic N) is 1. The van der Waals surface area contributed by atoms with E-state index >= 15 is 0 Å². The lowest BCUT2D eigenvalue weighted by atomic mass is 10.1. The van der Waals surface area contributed by atoms with Gasteiger partial charge in [-0.3, -0.25) is 4.79 Å². The Morgan fingerprint density at radius 2 is 1.96 bits per heavy atom. The van der Waals surface area contributed by atoms with Crippen molar-refractivity contribution in [2.24, 2.45) is 0 Å². The van der Waals surface area contributed by atoms with E-state index in [1.807, 2.05) is 42.5 Å². The molecule has 0 saturated carbocycles. The van der Waals surface area contributed by atoms with Gasteiger partial charge in [-0.1, -0.05) is 29.5 Å². The van der Waals surface area contributed by atoms with Crippen LogP contribution in [0.5, 0.6) is 11.5 Å². The topological polar surface area (TPSA) is 60.5 Å². The largest absolute Gasteiger partial charge is 0.486 e. The normalized spacial score (nSPS) is 13.0. The first-order valence-electron chi connectivity index (χ1n) is 7.32. The second-order valence-corrected chi connectivity index (χ2v) is 6.22. The van der Waals surface area contributed by atoms with Crippen LogP contribution in [0.15, 0.2) is 42.5 Å². The minimum absolute atomic E-state index is 0.0965. The third-order valence-electron chi connectivity index (χ3n) is 3.51. The van der Waals surface area contributed by atoms with E-state index in [-0.39, 0.29) is 12.3 Å². The molecule has 0 unspecified atom stereocenters. The minimum atomic E-state index is -0.0965. The lowest BCUT2D eigenvalue weighted by molar-refractivity contribution is -0.115. The minimum Gasteiger partial charge on any atom is -0.486 e. The number of anilines is 1. The van der Waals surface area contributed by atoms with Crippen LogP contribution in [0.2, 0.25) is 0 Å². The van der Waals surface area contributed by atoms with Gasteiger partial charge in [0.05, 0.1) is 16.6 Å². The lowest BCUT2D eigenvalue weighted by Gasteiger charge is -2.18. The third kappa shape index (κ3) is 2.98. The number of carbonyl (C=O) groups excluding carboxylic acids is 1. The Balaban J connectivity index is 1.47. The Morgan fingerprint density at radius 3 is 2.83 bits per heavy atom. The maximum absolute atomic E-state index is 12.2. The summed E-state index contributed by atoms with van der Waals surface area (Å²) in [5, 5.41) is 3.48. The number of carbonyl (C=O) groups is 1. The first kappa shape index (κ1) is 14.0. The molecule has 2 heterocycles. The number of nitrogens with one attached hydrogen (secondary N) is 1. The summed E-state index contributed by atoms with van der Waals surface area (Å²) in [6.07, 6.45) is 0.270. The highest BCUT2D eigenvalue weighted by atomic mass is 32.1. The zero-order chi connectivity index (χ0) is 15.6. The molecule has 0 aliphatic carbocycles. The van der Waals surface area contributed by atoms with Crippen molar-refractivity contribution in [3.05, 3.63) is 48.0 Å². The van der Waals surface area contributed by atoms with Gasteiger partial charge in [0.2, 0.25) is 5.91 Å². The van der Waals surface area contributed by atoms with Crippen LogP contribution < -0.4 is 14.8 Å². The van der Waals surface area contributed by atoms with Crippen molar-refractivity contribution >= 4 is 32.6 Å². The average Bonchev–Trinajstić information content (AvgIpc) is 2.96. The van der Waals surface area contributed by atoms with E-state index < -0.39 is 0 Å². The van der Waals surface area contributed by atoms with Crippen molar-refractivity contribution in [3.63, 3.8) is 0 Å². The summed E-state index contributed by atoms with van der Waals surface area (Å²) in [7, 11) is 0. The van der Waals surface area contributed by atoms with Crippen molar-refractivity contribution in [2.45, 2.75) is 6.42 Å². The molecular formula is C17H14N2O3S. The average molecular weight is 326 g/mol. The van der Waals surface area contributed by atoms with E-state index in [9.17, 15) is 4.79 Å². The number of rotatable bonds is 3. The number of benzene rings is 2. The van der Waals surface area contributed by atoms with Crippen molar-refractivity contribution < 1.29 is 14.3 Å². The zero-order valence-corrected chi connectivity index (χ0v) is 13.1. The fourth-order valence-corrected chi connectivity index (χ4v) is 3.35. The molecule has 0 spiro atoms. The maximum atomic E-state index is 12.2. The summed E-state index contributed by atoms with van der Waals surface area (Å²) >= 11 is 1.47. The molecule has 2 aromatic carbocycles. The van der Waals surface area contributed by atoms with Gasteiger partial charge in [-0.05, 0) is 29.8 Å². The molecule has 0 radical (unpaired) electrons. The van der Waals surface area contributed by atoms with E-state index in [1.165, 1.54) is 11.3 Å². The Labute approximate surface area is 136 Å². The number of fused-ring (bicyclic) bond motifs is 2. The molecule has 0 saturated heterocycles. The van der Waals surface area contributed by atoms with Gasteiger partial charge in [-0.15, -0.1) is 0 Å². The highest BCUT2D eigenvalue weighted by molar-refractivity contribution is 7.22. The summed E-state index contributed by atoms with van der Waals surface area (Å²) in [5.74, 6) is 1.33. The fraction of sp³-hybridized carbons (Fsp3) is 0.176. The third-order valence-corrected chi connectivity index (χ3v) is 4.46. The SMILES string of the molecule is O=C(Cc1ccc2c(c1)OCCO2)Nc1nc2ccccc2s1. The van der Waals surface area contributed by atoms with Crippen molar-refractivity contribution in [3.8, 4) is 11.5 Å². The summed E-state index contributed by atoms with van der Waals surface area (Å²) in [6.45, 7) is 1.10. The first-order valence-corrected chi connectivity index (χ1v) is 8.13. The molecule has 3 aromatic rings. The first-order chi connectivity index (χ1) is 11.3. The molecule has 1 aliphatic heterocycles. The van der Waals surface area contributed by atoms with Crippen LogP contribution in [0.3, 0.4) is 0 Å². The number of hydrogen-bond donors (Lipinski definition) is 1. The van der Waals surface area contributed by atoms with Crippen molar-refractivity contribution in [1.29, 1.82) is 0 Å². The standard InChI is InChI=1S/C17H14N2O3S/c20-16(19-17-18-12-3-1-2-4-15(12)23-17)10-11-5-6-13-14(9-11)22-8-7-21-13/h1-6,9H,7-8,10H2,(H,18,19,20). The summed E-state index contributed by atoms with van der Waals surface area (Å²) in [6, 6.07) is 13.4. The van der Waals surface area contributed by atoms with Gasteiger partial charge in [0.15, 0.2) is 16.6 Å². The second-order valence-electron chi connectivity index (χ2n) is 5.19. The van der Waals surface area contributed by atoms with Gasteiger partial charge in [0.1, 0.15) is 13.2 Å². The molecule has 4 rings (SSSR count). The van der Waals surface area contributed by atoms with Crippen molar-refractivity contribution in [1.82, 2.24) is 4.98 Å². The fourth-order valence-electron chi connectivity index (χ4n) is 2.47. The molecule has 6 heteroatoms. The highest BCUT2D eigenvalue weighted by Gasteiger charge is 2.14. The Hall–Kier alpha value is -2.60. The molecule has 0 fully saturated rings. The molecular weight excluding hydrogens is 312 g/mol. The van der Waals surface area contributed by atoms with Crippen LogP contribution in [-0.4, -0.2) is 24.1 Å². The van der Waals surface area contributed by atoms with Gasteiger partial charge < -0.3 is 14.8 Å². The van der Waals surface area contributed by atoms with Crippen LogP contribution in [0.25, 0.3) is 10.2 Å². The Morgan fingerprint density at radius 1 is 1.13 bits per heavy atom. The number of thiazole rings is 1. The van der Waals surface area contributed by atoms with E-state index in [0.29, 0.717) is 24.1 Å². The molecule has 5 nitrogen and oxygen atoms in total. The monoisotopic (exact) mass is 326 g/mol. The van der Waals surface area contributed by atoms with E-state index in [0.717, 1.165) is 21.5 Å². The number of para-hydroxylation sites is 1. The summed E-state index contributed by atoms with van der Waals surface area (Å²) in [4.78, 5) is 16.6. The summed E-state index contributed by atoms with van der Waals surface area (Å²) < 4.78 is 12.1. The molecule has 1 aromatic heterocycles. The van der Waals surface area contributed by atoms with Crippen LogP contribution in [-0.2, 0) is 11.2 Å². The van der Waals surface area contributed by atoms with Gasteiger partial charge in [-0.2, -0.15) is 0 Å². The van der Waals surface area contributed by atoms with Gasteiger partial charge in [0, 0.05) is 0 Å².